The van der Waals surface area contributed by atoms with Gasteiger partial charge in [0.2, 0.25) is 0 Å². The molecule has 0 saturated heterocycles. The van der Waals surface area contributed by atoms with E-state index >= 15 is 0 Å². The summed E-state index contributed by atoms with van der Waals surface area (Å²) in [7, 11) is 0. The Labute approximate surface area is 105 Å². The van der Waals surface area contributed by atoms with E-state index in [2.05, 4.69) is 37.2 Å². The summed E-state index contributed by atoms with van der Waals surface area (Å²) in [5, 5.41) is 4.87. The van der Waals surface area contributed by atoms with Gasteiger partial charge >= 0.3 is 0 Å². The normalized spacial score (nSPS) is 44.8. The number of hydrogen-bond acceptors (Lipinski definition) is 2. The van der Waals surface area contributed by atoms with Gasteiger partial charge in [-0.3, -0.25) is 0 Å². The van der Waals surface area contributed by atoms with Gasteiger partial charge in [-0.25, -0.2) is 0 Å². The highest BCUT2D eigenvalue weighted by molar-refractivity contribution is 7.99. The van der Waals surface area contributed by atoms with Crippen molar-refractivity contribution in [3.63, 3.8) is 0 Å². The van der Waals surface area contributed by atoms with E-state index in [0.29, 0.717) is 0 Å². The van der Waals surface area contributed by atoms with Crippen LogP contribution in [0, 0.1) is 11.8 Å². The molecule has 0 spiro atoms. The molecular weight excluding hydrogens is 214 g/mol. The standard InChI is InChI=1S/C14H27NS/c1-10-6-4-7-11(2)14(10)15-12-8-5-9-13(12)16-3/h10-15H,4-9H2,1-3H3. The highest BCUT2D eigenvalue weighted by atomic mass is 32.2. The Morgan fingerprint density at radius 2 is 1.56 bits per heavy atom. The van der Waals surface area contributed by atoms with Crippen LogP contribution in [0.4, 0.5) is 0 Å². The molecule has 94 valence electrons. The molecule has 1 N–H and O–H groups in total. The number of nitrogens with one attached hydrogen (secondary N) is 1. The quantitative estimate of drug-likeness (QED) is 0.809. The molecule has 16 heavy (non-hydrogen) atoms. The largest absolute Gasteiger partial charge is 0.310 e. The molecule has 2 saturated carbocycles. The smallest absolute Gasteiger partial charge is 0.0198 e. The van der Waals surface area contributed by atoms with Crippen molar-refractivity contribution in [1.29, 1.82) is 0 Å². The second kappa shape index (κ2) is 5.77. The van der Waals surface area contributed by atoms with E-state index in [0.717, 1.165) is 29.2 Å². The lowest BCUT2D eigenvalue weighted by Gasteiger charge is -2.38. The summed E-state index contributed by atoms with van der Waals surface area (Å²) in [5.74, 6) is 1.76. The van der Waals surface area contributed by atoms with Crippen LogP contribution in [0.15, 0.2) is 0 Å². The van der Waals surface area contributed by atoms with Crippen molar-refractivity contribution in [2.24, 2.45) is 11.8 Å². The van der Waals surface area contributed by atoms with Crippen molar-refractivity contribution in [1.82, 2.24) is 5.32 Å². The van der Waals surface area contributed by atoms with Crippen LogP contribution >= 0.6 is 11.8 Å². The second-order valence-corrected chi connectivity index (χ2v) is 6.97. The minimum absolute atomic E-state index is 0.784. The zero-order valence-electron chi connectivity index (χ0n) is 11.0. The third-order valence-electron chi connectivity index (χ3n) is 4.71. The zero-order chi connectivity index (χ0) is 11.5. The van der Waals surface area contributed by atoms with Crippen molar-refractivity contribution in [2.45, 2.75) is 69.7 Å². The van der Waals surface area contributed by atoms with E-state index in [9.17, 15) is 0 Å². The van der Waals surface area contributed by atoms with Gasteiger partial charge in [-0.1, -0.05) is 26.7 Å². The fourth-order valence-corrected chi connectivity index (χ4v) is 4.60. The van der Waals surface area contributed by atoms with E-state index in [1.54, 1.807) is 0 Å². The Bertz CT molecular complexity index is 209. The topological polar surface area (TPSA) is 12.0 Å². The molecule has 0 aliphatic heterocycles. The van der Waals surface area contributed by atoms with Crippen molar-refractivity contribution < 1.29 is 0 Å². The monoisotopic (exact) mass is 241 g/mol. The summed E-state index contributed by atoms with van der Waals surface area (Å²) in [4.78, 5) is 0. The highest BCUT2D eigenvalue weighted by Gasteiger charge is 2.33. The van der Waals surface area contributed by atoms with Crippen LogP contribution in [0.25, 0.3) is 0 Å². The molecule has 0 amide bonds. The van der Waals surface area contributed by atoms with Gasteiger partial charge in [0.25, 0.3) is 0 Å². The predicted octanol–water partition coefficient (Wildman–Crippen LogP) is 3.68. The molecule has 4 atom stereocenters. The Balaban J connectivity index is 1.91. The summed E-state index contributed by atoms with van der Waals surface area (Å²) in [6, 6.07) is 1.58. The maximum atomic E-state index is 4.00. The fourth-order valence-electron chi connectivity index (χ4n) is 3.66. The Hall–Kier alpha value is 0.310. The van der Waals surface area contributed by atoms with Crippen molar-refractivity contribution in [3.8, 4) is 0 Å². The Morgan fingerprint density at radius 3 is 2.19 bits per heavy atom. The van der Waals surface area contributed by atoms with Gasteiger partial charge in [0, 0.05) is 17.3 Å². The van der Waals surface area contributed by atoms with Crippen molar-refractivity contribution >= 4 is 11.8 Å². The first-order valence-electron chi connectivity index (χ1n) is 7.01. The van der Waals surface area contributed by atoms with E-state index < -0.39 is 0 Å². The minimum atomic E-state index is 0.784. The summed E-state index contributed by atoms with van der Waals surface area (Å²) in [6.07, 6.45) is 10.8. The molecule has 2 rings (SSSR count). The van der Waals surface area contributed by atoms with E-state index in [1.165, 1.54) is 38.5 Å². The van der Waals surface area contributed by atoms with Gasteiger partial charge in [0.05, 0.1) is 0 Å². The van der Waals surface area contributed by atoms with Crippen LogP contribution in [0.1, 0.15) is 52.4 Å². The highest BCUT2D eigenvalue weighted by Crippen LogP contribution is 2.33. The van der Waals surface area contributed by atoms with Crippen LogP contribution in [0.3, 0.4) is 0 Å². The molecule has 0 heterocycles. The minimum Gasteiger partial charge on any atom is -0.310 e. The molecular formula is C14H27NS. The molecule has 2 heteroatoms. The van der Waals surface area contributed by atoms with Crippen LogP contribution in [-0.2, 0) is 0 Å². The van der Waals surface area contributed by atoms with Crippen molar-refractivity contribution in [3.05, 3.63) is 0 Å². The molecule has 0 radical (unpaired) electrons. The van der Waals surface area contributed by atoms with Crippen molar-refractivity contribution in [2.75, 3.05) is 6.26 Å². The van der Waals surface area contributed by atoms with Gasteiger partial charge in [-0.15, -0.1) is 0 Å². The summed E-state index contributed by atoms with van der Waals surface area (Å²) in [6.45, 7) is 4.88. The first kappa shape index (κ1) is 12.8. The molecule has 1 nitrogen and oxygen atoms in total. The van der Waals surface area contributed by atoms with Gasteiger partial charge in [-0.2, -0.15) is 11.8 Å². The van der Waals surface area contributed by atoms with E-state index in [-0.39, 0.29) is 0 Å². The SMILES string of the molecule is CSC1CCCC1NC1C(C)CCCC1C. The Kier molecular flexibility index (Phi) is 4.60. The number of thioether (sulfide) groups is 1. The first-order valence-corrected chi connectivity index (χ1v) is 8.30. The lowest BCUT2D eigenvalue weighted by molar-refractivity contribution is 0.194. The first-order chi connectivity index (χ1) is 7.72. The van der Waals surface area contributed by atoms with Gasteiger partial charge in [0.1, 0.15) is 0 Å². The predicted molar refractivity (Wildman–Crippen MR) is 74.0 cm³/mol. The van der Waals surface area contributed by atoms with Gasteiger partial charge < -0.3 is 5.32 Å². The molecule has 2 aliphatic rings. The van der Waals surface area contributed by atoms with Crippen LogP contribution < -0.4 is 5.32 Å². The third-order valence-corrected chi connectivity index (χ3v) is 5.88. The zero-order valence-corrected chi connectivity index (χ0v) is 11.9. The fraction of sp³-hybridized carbons (Fsp3) is 1.00. The lowest BCUT2D eigenvalue weighted by atomic mass is 9.78. The maximum Gasteiger partial charge on any atom is 0.0198 e. The van der Waals surface area contributed by atoms with E-state index in [1.807, 2.05) is 0 Å². The molecule has 0 aromatic rings. The third kappa shape index (κ3) is 2.76. The molecule has 4 unspecified atom stereocenters. The lowest BCUT2D eigenvalue weighted by Crippen LogP contribution is -2.49. The number of rotatable bonds is 3. The molecule has 0 aromatic carbocycles. The molecule has 0 aromatic heterocycles. The van der Waals surface area contributed by atoms with Crippen LogP contribution in [0.2, 0.25) is 0 Å². The van der Waals surface area contributed by atoms with Gasteiger partial charge in [-0.05, 0) is 43.8 Å². The summed E-state index contributed by atoms with van der Waals surface area (Å²) >= 11 is 2.07. The van der Waals surface area contributed by atoms with Gasteiger partial charge in [0.15, 0.2) is 0 Å². The summed E-state index contributed by atoms with van der Waals surface area (Å²) in [5.41, 5.74) is 0. The number of hydrogen-bond donors (Lipinski definition) is 1. The second-order valence-electron chi connectivity index (χ2n) is 5.89. The average molecular weight is 241 g/mol. The average Bonchev–Trinajstić information content (AvgIpc) is 2.71. The summed E-state index contributed by atoms with van der Waals surface area (Å²) < 4.78 is 0. The molecule has 0 bridgehead atoms. The molecule has 2 aliphatic carbocycles. The van der Waals surface area contributed by atoms with Crippen LogP contribution in [-0.4, -0.2) is 23.6 Å². The van der Waals surface area contributed by atoms with E-state index in [4.69, 9.17) is 0 Å². The molecule has 2 fully saturated rings. The Morgan fingerprint density at radius 1 is 0.938 bits per heavy atom. The maximum absolute atomic E-state index is 4.00. The van der Waals surface area contributed by atoms with Crippen LogP contribution in [0.5, 0.6) is 0 Å².